The summed E-state index contributed by atoms with van der Waals surface area (Å²) in [6.07, 6.45) is 0. The van der Waals surface area contributed by atoms with Crippen LogP contribution >= 0.6 is 0 Å². The Morgan fingerprint density at radius 2 is 1.55 bits per heavy atom. The van der Waals surface area contributed by atoms with Crippen molar-refractivity contribution in [2.24, 2.45) is 0 Å². The van der Waals surface area contributed by atoms with Gasteiger partial charge in [0.1, 0.15) is 11.5 Å². The van der Waals surface area contributed by atoms with Crippen molar-refractivity contribution in [2.75, 3.05) is 5.73 Å². The van der Waals surface area contributed by atoms with Crippen LogP contribution in [-0.2, 0) is 16.8 Å². The molecular formula is C21H14NO6S-. The van der Waals surface area contributed by atoms with Gasteiger partial charge in [0.15, 0.2) is 17.3 Å². The van der Waals surface area contributed by atoms with Crippen molar-refractivity contribution in [1.29, 1.82) is 0 Å². The van der Waals surface area contributed by atoms with E-state index in [1.54, 1.807) is 36.4 Å². The molecule has 29 heavy (non-hydrogen) atoms. The number of carbonyl (C=O) groups excluding carboxylic acids is 2. The Kier molecular flexibility index (Phi) is 4.65. The number of hydrogen-bond donors (Lipinski definition) is 2. The molecule has 7 nitrogen and oxygen atoms in total. The second kappa shape index (κ2) is 7.16. The standard InChI is InChI=1S/C21H15NO6S/c22-19-16(28-12-7-5-11(6-8-12)10-29(26)27)9-15(23)17-18(19)21(25)14-4-2-1-3-13(14)20(17)24/h1-9,23H,10,22H2,(H,26,27)/p-1. The summed E-state index contributed by atoms with van der Waals surface area (Å²) in [6.45, 7) is 0. The summed E-state index contributed by atoms with van der Waals surface area (Å²) in [5, 5.41) is 10.4. The number of rotatable bonds is 4. The SMILES string of the molecule is Nc1c(Oc2ccc(CS(=O)[O-])cc2)cc(O)c2c1C(=O)c1ccccc1C2=O. The van der Waals surface area contributed by atoms with E-state index < -0.39 is 28.4 Å². The zero-order valence-electron chi connectivity index (χ0n) is 14.9. The number of nitrogen functional groups attached to an aromatic ring is 1. The van der Waals surface area contributed by atoms with Crippen LogP contribution in [0.2, 0.25) is 0 Å². The van der Waals surface area contributed by atoms with Crippen LogP contribution in [0.1, 0.15) is 37.4 Å². The summed E-state index contributed by atoms with van der Waals surface area (Å²) in [5.74, 6) is -1.15. The van der Waals surface area contributed by atoms with Gasteiger partial charge >= 0.3 is 0 Å². The molecule has 0 amide bonds. The minimum Gasteiger partial charge on any atom is -0.772 e. The van der Waals surface area contributed by atoms with E-state index in [9.17, 15) is 23.5 Å². The van der Waals surface area contributed by atoms with Crippen molar-refractivity contribution in [3.63, 3.8) is 0 Å². The van der Waals surface area contributed by atoms with Gasteiger partial charge in [0.05, 0.1) is 16.8 Å². The number of anilines is 1. The molecule has 0 spiro atoms. The lowest BCUT2D eigenvalue weighted by atomic mass is 9.82. The summed E-state index contributed by atoms with van der Waals surface area (Å²) in [5.41, 5.74) is 6.83. The smallest absolute Gasteiger partial charge is 0.198 e. The lowest BCUT2D eigenvalue weighted by Crippen LogP contribution is -2.22. The maximum absolute atomic E-state index is 12.9. The molecule has 1 atom stereocenters. The van der Waals surface area contributed by atoms with Crippen LogP contribution in [0.3, 0.4) is 0 Å². The van der Waals surface area contributed by atoms with Crippen LogP contribution in [-0.4, -0.2) is 25.4 Å². The molecule has 8 heteroatoms. The average Bonchev–Trinajstić information content (AvgIpc) is 2.69. The number of ether oxygens (including phenoxy) is 1. The fraction of sp³-hybridized carbons (Fsp3) is 0.0476. The minimum atomic E-state index is -2.21. The number of aromatic hydroxyl groups is 1. The molecule has 0 saturated carbocycles. The molecule has 0 bridgehead atoms. The number of benzene rings is 3. The first kappa shape index (κ1) is 18.9. The van der Waals surface area contributed by atoms with Crippen molar-refractivity contribution in [3.8, 4) is 17.2 Å². The van der Waals surface area contributed by atoms with Gasteiger partial charge in [-0.05, 0) is 17.7 Å². The molecule has 3 aromatic rings. The lowest BCUT2D eigenvalue weighted by Gasteiger charge is -2.21. The molecule has 0 radical (unpaired) electrons. The van der Waals surface area contributed by atoms with E-state index in [0.29, 0.717) is 11.3 Å². The second-order valence-corrected chi connectivity index (χ2v) is 7.35. The molecule has 3 N–H and O–H groups in total. The van der Waals surface area contributed by atoms with Crippen LogP contribution in [0.5, 0.6) is 17.2 Å². The van der Waals surface area contributed by atoms with E-state index in [0.717, 1.165) is 0 Å². The zero-order chi connectivity index (χ0) is 20.7. The quantitative estimate of drug-likeness (QED) is 0.302. The maximum atomic E-state index is 12.9. The summed E-state index contributed by atoms with van der Waals surface area (Å²) in [6, 6.07) is 13.8. The van der Waals surface area contributed by atoms with Gasteiger partial charge in [-0.2, -0.15) is 0 Å². The van der Waals surface area contributed by atoms with Gasteiger partial charge in [-0.3, -0.25) is 13.8 Å². The van der Waals surface area contributed by atoms with Gasteiger partial charge in [0.2, 0.25) is 0 Å². The normalized spacial score (nSPS) is 13.6. The zero-order valence-corrected chi connectivity index (χ0v) is 15.7. The van der Waals surface area contributed by atoms with Gasteiger partial charge < -0.3 is 20.1 Å². The van der Waals surface area contributed by atoms with Crippen molar-refractivity contribution >= 4 is 28.3 Å². The molecule has 0 aliphatic heterocycles. The lowest BCUT2D eigenvalue weighted by molar-refractivity contribution is 0.0977. The molecule has 0 heterocycles. The number of carbonyl (C=O) groups is 2. The summed E-state index contributed by atoms with van der Waals surface area (Å²) in [4.78, 5) is 25.7. The largest absolute Gasteiger partial charge is 0.772 e. The van der Waals surface area contributed by atoms with Gasteiger partial charge in [0, 0.05) is 22.9 Å². The molecule has 1 aliphatic carbocycles. The van der Waals surface area contributed by atoms with Gasteiger partial charge in [-0.15, -0.1) is 0 Å². The number of nitrogens with two attached hydrogens (primary N) is 1. The Balaban J connectivity index is 1.74. The van der Waals surface area contributed by atoms with Crippen LogP contribution in [0.4, 0.5) is 5.69 Å². The van der Waals surface area contributed by atoms with Crippen LogP contribution in [0.25, 0.3) is 0 Å². The average molecular weight is 408 g/mol. The Bertz CT molecular complexity index is 1190. The fourth-order valence-corrected chi connectivity index (χ4v) is 3.74. The molecule has 1 unspecified atom stereocenters. The Labute approximate surface area is 168 Å². The summed E-state index contributed by atoms with van der Waals surface area (Å²) < 4.78 is 27.2. The third-order valence-corrected chi connectivity index (χ3v) is 5.18. The van der Waals surface area contributed by atoms with Gasteiger partial charge in [0.25, 0.3) is 0 Å². The minimum absolute atomic E-state index is 0.0157. The van der Waals surface area contributed by atoms with E-state index in [4.69, 9.17) is 10.5 Å². The first-order valence-electron chi connectivity index (χ1n) is 8.53. The Morgan fingerprint density at radius 1 is 0.966 bits per heavy atom. The molecular weight excluding hydrogens is 394 g/mol. The number of ketones is 2. The molecule has 146 valence electrons. The molecule has 1 aliphatic rings. The highest BCUT2D eigenvalue weighted by molar-refractivity contribution is 7.78. The highest BCUT2D eigenvalue weighted by atomic mass is 32.2. The number of fused-ring (bicyclic) bond motifs is 2. The predicted octanol–water partition coefficient (Wildman–Crippen LogP) is 2.92. The first-order chi connectivity index (χ1) is 13.9. The van der Waals surface area contributed by atoms with Gasteiger partial charge in [-0.1, -0.05) is 47.5 Å². The Hall–Kier alpha value is -3.49. The van der Waals surface area contributed by atoms with E-state index in [-0.39, 0.29) is 39.4 Å². The van der Waals surface area contributed by atoms with E-state index in [1.165, 1.54) is 18.2 Å². The van der Waals surface area contributed by atoms with E-state index in [2.05, 4.69) is 0 Å². The highest BCUT2D eigenvalue weighted by Crippen LogP contribution is 2.42. The molecule has 0 aromatic heterocycles. The third kappa shape index (κ3) is 3.28. The van der Waals surface area contributed by atoms with Crippen molar-refractivity contribution in [3.05, 3.63) is 82.4 Å². The Morgan fingerprint density at radius 3 is 2.14 bits per heavy atom. The molecule has 3 aromatic carbocycles. The van der Waals surface area contributed by atoms with Crippen LogP contribution in [0, 0.1) is 0 Å². The summed E-state index contributed by atoms with van der Waals surface area (Å²) >= 11 is -2.21. The van der Waals surface area contributed by atoms with E-state index in [1.807, 2.05) is 0 Å². The third-order valence-electron chi connectivity index (χ3n) is 4.61. The van der Waals surface area contributed by atoms with Crippen molar-refractivity contribution in [2.45, 2.75) is 5.75 Å². The highest BCUT2D eigenvalue weighted by Gasteiger charge is 2.35. The number of phenolic OH excluding ortho intramolecular Hbond substituents is 1. The topological polar surface area (TPSA) is 130 Å². The van der Waals surface area contributed by atoms with Crippen molar-refractivity contribution in [1.82, 2.24) is 0 Å². The number of phenols is 1. The van der Waals surface area contributed by atoms with Crippen LogP contribution < -0.4 is 10.5 Å². The summed E-state index contributed by atoms with van der Waals surface area (Å²) in [7, 11) is 0. The van der Waals surface area contributed by atoms with E-state index >= 15 is 0 Å². The van der Waals surface area contributed by atoms with Crippen molar-refractivity contribution < 1.29 is 28.2 Å². The second-order valence-electron chi connectivity index (χ2n) is 6.46. The van der Waals surface area contributed by atoms with Gasteiger partial charge in [-0.25, -0.2) is 0 Å². The maximum Gasteiger partial charge on any atom is 0.198 e. The number of hydrogen-bond acceptors (Lipinski definition) is 7. The fourth-order valence-electron chi connectivity index (χ4n) is 3.28. The molecule has 0 fully saturated rings. The molecule has 0 saturated heterocycles. The molecule has 4 rings (SSSR count). The predicted molar refractivity (Wildman–Crippen MR) is 105 cm³/mol. The monoisotopic (exact) mass is 408 g/mol. The first-order valence-corrected chi connectivity index (χ1v) is 9.77. The van der Waals surface area contributed by atoms with Crippen LogP contribution in [0.15, 0.2) is 54.6 Å².